The number of rotatable bonds is 3. The van der Waals surface area contributed by atoms with E-state index < -0.39 is 119 Å². The smallest absolute Gasteiger partial charge is 0.242 e. The Kier molecular flexibility index (Phi) is 8.32. The van der Waals surface area contributed by atoms with Gasteiger partial charge in [0.05, 0.1) is 33.6 Å². The second-order valence-electron chi connectivity index (χ2n) is 7.44. The van der Waals surface area contributed by atoms with Crippen LogP contribution >= 0.6 is 0 Å². The summed E-state index contributed by atoms with van der Waals surface area (Å²) in [6.45, 7) is 0. The van der Waals surface area contributed by atoms with E-state index in [9.17, 15) is 79.0 Å². The van der Waals surface area contributed by atoms with E-state index in [1.165, 1.54) is 0 Å². The van der Waals surface area contributed by atoms with Gasteiger partial charge in [-0.05, 0) is 36.4 Å². The monoisotopic (exact) mass is 616 g/mol. The molecule has 0 saturated carbocycles. The van der Waals surface area contributed by atoms with Gasteiger partial charge in [-0.2, -0.15) is 79.0 Å². The first kappa shape index (κ1) is 32.7. The minimum atomic E-state index is -6.42. The molecule has 0 fully saturated rings. The standard InChI is InChI=1S/C20H6F18N2/c21-15(22,23)7-1-8(16(24,25)26)4-11(3-7)39-13(19(33,34)35)14(20(36,37)38)40-12-5-9(17(27,28)29)2-10(6-12)18(30,31)32/h1-6H. The number of alkyl halides is 18. The first-order valence-electron chi connectivity index (χ1n) is 9.51. The van der Waals surface area contributed by atoms with Crippen molar-refractivity contribution in [3.05, 3.63) is 58.7 Å². The average Bonchev–Trinajstić information content (AvgIpc) is 2.71. The lowest BCUT2D eigenvalue weighted by atomic mass is 10.1. The lowest BCUT2D eigenvalue weighted by Crippen LogP contribution is -2.40. The van der Waals surface area contributed by atoms with E-state index in [-0.39, 0.29) is 0 Å². The minimum Gasteiger partial charge on any atom is -0.242 e. The summed E-state index contributed by atoms with van der Waals surface area (Å²) in [7, 11) is 0. The molecule has 0 N–H and O–H groups in total. The molecule has 0 aliphatic carbocycles. The van der Waals surface area contributed by atoms with Crippen molar-refractivity contribution in [3.8, 4) is 0 Å². The van der Waals surface area contributed by atoms with Gasteiger partial charge in [-0.15, -0.1) is 0 Å². The normalized spacial score (nSPS) is 15.1. The van der Waals surface area contributed by atoms with Gasteiger partial charge in [0.15, 0.2) is 11.4 Å². The predicted octanol–water partition coefficient (Wildman–Crippen LogP) is 9.73. The fourth-order valence-corrected chi connectivity index (χ4v) is 2.77. The fourth-order valence-electron chi connectivity index (χ4n) is 2.77. The van der Waals surface area contributed by atoms with Crippen molar-refractivity contribution in [1.82, 2.24) is 0 Å². The third kappa shape index (κ3) is 8.26. The van der Waals surface area contributed by atoms with Crippen LogP contribution in [0.1, 0.15) is 22.3 Å². The molecule has 0 aliphatic rings. The molecule has 0 heterocycles. The predicted molar refractivity (Wildman–Crippen MR) is 99.2 cm³/mol. The largest absolute Gasteiger partial charge is 0.435 e. The molecular formula is C20H6F18N2. The molecule has 20 heteroatoms. The summed E-state index contributed by atoms with van der Waals surface area (Å²) in [5.74, 6) is 0. The molecule has 222 valence electrons. The van der Waals surface area contributed by atoms with Crippen molar-refractivity contribution < 1.29 is 79.0 Å². The van der Waals surface area contributed by atoms with Crippen LogP contribution in [0.5, 0.6) is 0 Å². The number of halogens is 18. The van der Waals surface area contributed by atoms with Gasteiger partial charge in [0, 0.05) is 0 Å². The average molecular weight is 616 g/mol. The number of hydrogen-bond acceptors (Lipinski definition) is 2. The van der Waals surface area contributed by atoms with Gasteiger partial charge in [0.1, 0.15) is 0 Å². The highest BCUT2D eigenvalue weighted by molar-refractivity contribution is 6.47. The maximum atomic E-state index is 13.6. The third-order valence-electron chi connectivity index (χ3n) is 4.39. The second kappa shape index (κ2) is 10.2. The van der Waals surface area contributed by atoms with E-state index >= 15 is 0 Å². The van der Waals surface area contributed by atoms with E-state index in [4.69, 9.17) is 0 Å². The summed E-state index contributed by atoms with van der Waals surface area (Å²) in [5.41, 5.74) is -20.0. The quantitative estimate of drug-likeness (QED) is 0.243. The van der Waals surface area contributed by atoms with Gasteiger partial charge in [0.2, 0.25) is 0 Å². The molecule has 0 bridgehead atoms. The van der Waals surface area contributed by atoms with Crippen molar-refractivity contribution in [2.45, 2.75) is 37.1 Å². The van der Waals surface area contributed by atoms with Crippen LogP contribution in [0.25, 0.3) is 0 Å². The molecular weight excluding hydrogens is 610 g/mol. The Balaban J connectivity index is 2.98. The maximum Gasteiger partial charge on any atom is 0.435 e. The first-order valence-corrected chi connectivity index (χ1v) is 9.51. The highest BCUT2D eigenvalue weighted by Crippen LogP contribution is 2.41. The molecule has 0 aromatic heterocycles. The molecule has 2 nitrogen and oxygen atoms in total. The van der Waals surface area contributed by atoms with Gasteiger partial charge in [-0.1, -0.05) is 0 Å². The van der Waals surface area contributed by atoms with E-state index in [1.807, 2.05) is 0 Å². The van der Waals surface area contributed by atoms with Gasteiger partial charge >= 0.3 is 37.1 Å². The molecule has 0 radical (unpaired) electrons. The van der Waals surface area contributed by atoms with E-state index in [1.54, 1.807) is 0 Å². The SMILES string of the molecule is FC(F)(F)C(=Nc1cc(C(F)(F)F)cc(C(F)(F)F)c1)C(=Nc1cc(C(F)(F)F)cc(C(F)(F)F)c1)C(F)(F)F. The number of nitrogens with zero attached hydrogens (tertiary/aromatic N) is 2. The molecule has 0 spiro atoms. The third-order valence-corrected chi connectivity index (χ3v) is 4.39. The first-order chi connectivity index (χ1) is 17.6. The van der Waals surface area contributed by atoms with E-state index in [0.29, 0.717) is 0 Å². The van der Waals surface area contributed by atoms with Crippen LogP contribution in [-0.4, -0.2) is 23.8 Å². The molecule has 2 aromatic rings. The number of benzene rings is 2. The molecule has 2 aromatic carbocycles. The Labute approximate surface area is 208 Å². The van der Waals surface area contributed by atoms with Crippen LogP contribution in [0.15, 0.2) is 46.4 Å². The summed E-state index contributed by atoms with van der Waals surface area (Å²) in [4.78, 5) is 4.36. The van der Waals surface area contributed by atoms with E-state index in [0.717, 1.165) is 0 Å². The Hall–Kier alpha value is -3.48. The summed E-state index contributed by atoms with van der Waals surface area (Å²) in [6.07, 6.45) is -35.6. The molecule has 0 aliphatic heterocycles. The van der Waals surface area contributed by atoms with Crippen molar-refractivity contribution in [2.24, 2.45) is 9.98 Å². The van der Waals surface area contributed by atoms with Gasteiger partial charge in [-0.3, -0.25) is 0 Å². The van der Waals surface area contributed by atoms with Gasteiger partial charge < -0.3 is 0 Å². The van der Waals surface area contributed by atoms with Crippen LogP contribution < -0.4 is 0 Å². The zero-order chi connectivity index (χ0) is 31.3. The molecule has 0 saturated heterocycles. The van der Waals surface area contributed by atoms with Gasteiger partial charge in [-0.25, -0.2) is 9.98 Å². The second-order valence-corrected chi connectivity index (χ2v) is 7.44. The summed E-state index contributed by atoms with van der Waals surface area (Å²) in [5, 5.41) is 0. The Bertz CT molecular complexity index is 1130. The molecule has 40 heavy (non-hydrogen) atoms. The lowest BCUT2D eigenvalue weighted by Gasteiger charge is -2.18. The molecule has 0 unspecified atom stereocenters. The number of hydrogen-bond donors (Lipinski definition) is 0. The molecule has 2 rings (SSSR count). The van der Waals surface area contributed by atoms with Crippen LogP contribution in [0.3, 0.4) is 0 Å². The summed E-state index contributed by atoms with van der Waals surface area (Å²) in [6, 6.07) is -3.26. The van der Waals surface area contributed by atoms with Crippen molar-refractivity contribution in [3.63, 3.8) is 0 Å². The van der Waals surface area contributed by atoms with Crippen LogP contribution in [0.4, 0.5) is 90.4 Å². The zero-order valence-corrected chi connectivity index (χ0v) is 18.2. The van der Waals surface area contributed by atoms with Crippen molar-refractivity contribution in [2.75, 3.05) is 0 Å². The fraction of sp³-hybridized carbons (Fsp3) is 0.300. The summed E-state index contributed by atoms with van der Waals surface area (Å²) >= 11 is 0. The van der Waals surface area contributed by atoms with Crippen LogP contribution in [-0.2, 0) is 24.7 Å². The Morgan fingerprint density at radius 1 is 0.350 bits per heavy atom. The maximum absolute atomic E-state index is 13.6. The highest BCUT2D eigenvalue weighted by atomic mass is 19.4. The number of aliphatic imine (C=N–C) groups is 2. The zero-order valence-electron chi connectivity index (χ0n) is 18.2. The summed E-state index contributed by atoms with van der Waals surface area (Å²) < 4.78 is 237. The van der Waals surface area contributed by atoms with Gasteiger partial charge in [0.25, 0.3) is 0 Å². The van der Waals surface area contributed by atoms with Crippen molar-refractivity contribution in [1.29, 1.82) is 0 Å². The topological polar surface area (TPSA) is 24.7 Å². The Morgan fingerprint density at radius 2 is 0.550 bits per heavy atom. The molecule has 0 amide bonds. The van der Waals surface area contributed by atoms with Crippen LogP contribution in [0, 0.1) is 0 Å². The molecule has 0 atom stereocenters. The lowest BCUT2D eigenvalue weighted by molar-refractivity contribution is -0.144. The van der Waals surface area contributed by atoms with E-state index in [2.05, 4.69) is 9.98 Å². The van der Waals surface area contributed by atoms with Crippen LogP contribution in [0.2, 0.25) is 0 Å². The van der Waals surface area contributed by atoms with Crippen molar-refractivity contribution >= 4 is 22.8 Å². The minimum absolute atomic E-state index is 0.513. The highest BCUT2D eigenvalue weighted by Gasteiger charge is 2.50. The Morgan fingerprint density at radius 3 is 0.700 bits per heavy atom.